The summed E-state index contributed by atoms with van der Waals surface area (Å²) in [5.74, 6) is 1.63. The third-order valence-corrected chi connectivity index (χ3v) is 6.49. The van der Waals surface area contributed by atoms with Crippen LogP contribution in [0.2, 0.25) is 0 Å². The number of rotatable bonds is 9. The standard InChI is InChI=1S/C27H27NO5S/c1-4-18(2)33-23-13-12-19(16-24(23)31-3)17-25-26(29)28(27(30)34-25)14-15-32-22-11-7-9-20-8-5-6-10-21(20)22/h5-13,16-18H,4,14-15H2,1-3H3/b25-17-. The smallest absolute Gasteiger partial charge is 0.293 e. The van der Waals surface area contributed by atoms with Gasteiger partial charge >= 0.3 is 0 Å². The Kier molecular flexibility index (Phi) is 7.43. The van der Waals surface area contributed by atoms with Crippen molar-refractivity contribution in [2.24, 2.45) is 0 Å². The molecule has 0 radical (unpaired) electrons. The second kappa shape index (κ2) is 10.7. The molecule has 4 rings (SSSR count). The van der Waals surface area contributed by atoms with Gasteiger partial charge in [-0.05, 0) is 60.3 Å². The maximum atomic E-state index is 12.9. The van der Waals surface area contributed by atoms with E-state index in [-0.39, 0.29) is 30.4 Å². The van der Waals surface area contributed by atoms with Crippen LogP contribution in [0.5, 0.6) is 17.2 Å². The molecule has 0 bridgehead atoms. The molecule has 0 aliphatic carbocycles. The maximum absolute atomic E-state index is 12.9. The molecule has 1 atom stereocenters. The fourth-order valence-electron chi connectivity index (χ4n) is 3.58. The molecular formula is C27H27NO5S. The molecule has 0 N–H and O–H groups in total. The van der Waals surface area contributed by atoms with Crippen LogP contribution >= 0.6 is 11.8 Å². The third kappa shape index (κ3) is 5.20. The normalized spacial score (nSPS) is 15.7. The van der Waals surface area contributed by atoms with Crippen LogP contribution in [0.15, 0.2) is 65.6 Å². The van der Waals surface area contributed by atoms with E-state index in [1.807, 2.05) is 61.5 Å². The van der Waals surface area contributed by atoms with Crippen molar-refractivity contribution in [2.75, 3.05) is 20.3 Å². The number of hydrogen-bond acceptors (Lipinski definition) is 6. The predicted molar refractivity (Wildman–Crippen MR) is 135 cm³/mol. The van der Waals surface area contributed by atoms with Gasteiger partial charge in [0.25, 0.3) is 11.1 Å². The number of imide groups is 1. The number of hydrogen-bond donors (Lipinski definition) is 0. The molecule has 0 saturated carbocycles. The van der Waals surface area contributed by atoms with Crippen molar-refractivity contribution in [3.8, 4) is 17.2 Å². The second-order valence-corrected chi connectivity index (χ2v) is 8.90. The Bertz CT molecular complexity index is 1230. The van der Waals surface area contributed by atoms with E-state index in [1.165, 1.54) is 4.90 Å². The highest BCUT2D eigenvalue weighted by molar-refractivity contribution is 8.18. The fourth-order valence-corrected chi connectivity index (χ4v) is 4.45. The van der Waals surface area contributed by atoms with E-state index in [4.69, 9.17) is 14.2 Å². The second-order valence-electron chi connectivity index (χ2n) is 7.91. The molecule has 2 amide bonds. The summed E-state index contributed by atoms with van der Waals surface area (Å²) in [5.41, 5.74) is 0.755. The number of carbonyl (C=O) groups is 2. The zero-order chi connectivity index (χ0) is 24.1. The molecule has 0 spiro atoms. The molecule has 3 aromatic rings. The highest BCUT2D eigenvalue weighted by atomic mass is 32.2. The number of methoxy groups -OCH3 is 1. The largest absolute Gasteiger partial charge is 0.493 e. The number of fused-ring (bicyclic) bond motifs is 1. The molecular weight excluding hydrogens is 450 g/mol. The number of benzene rings is 3. The fraction of sp³-hybridized carbons (Fsp3) is 0.259. The first-order valence-corrected chi connectivity index (χ1v) is 12.0. The first-order chi connectivity index (χ1) is 16.5. The van der Waals surface area contributed by atoms with E-state index in [1.54, 1.807) is 19.3 Å². The lowest BCUT2D eigenvalue weighted by Crippen LogP contribution is -2.32. The van der Waals surface area contributed by atoms with E-state index in [0.29, 0.717) is 16.4 Å². The summed E-state index contributed by atoms with van der Waals surface area (Å²) in [4.78, 5) is 27.0. The molecule has 1 aliphatic rings. The van der Waals surface area contributed by atoms with Crippen molar-refractivity contribution in [1.29, 1.82) is 0 Å². The Balaban J connectivity index is 1.43. The van der Waals surface area contributed by atoms with Gasteiger partial charge < -0.3 is 14.2 Å². The number of thioether (sulfide) groups is 1. The molecule has 1 aliphatic heterocycles. The van der Waals surface area contributed by atoms with Crippen LogP contribution in [0.4, 0.5) is 4.79 Å². The Morgan fingerprint density at radius 2 is 1.79 bits per heavy atom. The van der Waals surface area contributed by atoms with Gasteiger partial charge in [0.15, 0.2) is 11.5 Å². The minimum absolute atomic E-state index is 0.0624. The van der Waals surface area contributed by atoms with E-state index >= 15 is 0 Å². The van der Waals surface area contributed by atoms with Gasteiger partial charge in [-0.3, -0.25) is 14.5 Å². The van der Waals surface area contributed by atoms with Crippen LogP contribution < -0.4 is 14.2 Å². The van der Waals surface area contributed by atoms with E-state index < -0.39 is 0 Å². The zero-order valence-corrected chi connectivity index (χ0v) is 20.3. The highest BCUT2D eigenvalue weighted by Gasteiger charge is 2.34. The van der Waals surface area contributed by atoms with Crippen LogP contribution in [0.3, 0.4) is 0 Å². The van der Waals surface area contributed by atoms with E-state index in [2.05, 4.69) is 6.92 Å². The van der Waals surface area contributed by atoms with Gasteiger partial charge in [-0.2, -0.15) is 0 Å². The van der Waals surface area contributed by atoms with Crippen LogP contribution in [0, 0.1) is 0 Å². The van der Waals surface area contributed by atoms with Crippen molar-refractivity contribution in [3.05, 3.63) is 71.1 Å². The van der Waals surface area contributed by atoms with E-state index in [0.717, 1.165) is 40.3 Å². The summed E-state index contributed by atoms with van der Waals surface area (Å²) >= 11 is 0.928. The first-order valence-electron chi connectivity index (χ1n) is 11.2. The molecule has 3 aromatic carbocycles. The Morgan fingerprint density at radius 3 is 2.59 bits per heavy atom. The van der Waals surface area contributed by atoms with Gasteiger partial charge in [-0.15, -0.1) is 0 Å². The van der Waals surface area contributed by atoms with Crippen molar-refractivity contribution in [3.63, 3.8) is 0 Å². The van der Waals surface area contributed by atoms with Crippen molar-refractivity contribution in [1.82, 2.24) is 4.90 Å². The molecule has 0 aromatic heterocycles. The number of ether oxygens (including phenoxy) is 3. The summed E-state index contributed by atoms with van der Waals surface area (Å²) in [6.45, 7) is 4.44. The quantitative estimate of drug-likeness (QED) is 0.345. The zero-order valence-electron chi connectivity index (χ0n) is 19.4. The minimum Gasteiger partial charge on any atom is -0.493 e. The van der Waals surface area contributed by atoms with Crippen molar-refractivity contribution >= 4 is 39.8 Å². The number of carbonyl (C=O) groups excluding carboxylic acids is 2. The number of amides is 2. The molecule has 176 valence electrons. The van der Waals surface area contributed by atoms with Gasteiger partial charge in [-0.25, -0.2) is 0 Å². The topological polar surface area (TPSA) is 65.1 Å². The lowest BCUT2D eigenvalue weighted by atomic mass is 10.1. The van der Waals surface area contributed by atoms with Gasteiger partial charge in [0.1, 0.15) is 12.4 Å². The SMILES string of the molecule is CCC(C)Oc1ccc(/C=C2\SC(=O)N(CCOc3cccc4ccccc34)C2=O)cc1OC. The Morgan fingerprint density at radius 1 is 1.00 bits per heavy atom. The Labute approximate surface area is 203 Å². The molecule has 1 fully saturated rings. The van der Waals surface area contributed by atoms with Gasteiger partial charge in [0.05, 0.1) is 24.7 Å². The Hall–Kier alpha value is -3.45. The van der Waals surface area contributed by atoms with Gasteiger partial charge in [0, 0.05) is 5.39 Å². The van der Waals surface area contributed by atoms with Gasteiger partial charge in [0.2, 0.25) is 0 Å². The maximum Gasteiger partial charge on any atom is 0.293 e. The summed E-state index contributed by atoms with van der Waals surface area (Å²) in [6, 6.07) is 19.2. The minimum atomic E-state index is -0.324. The van der Waals surface area contributed by atoms with Crippen LogP contribution in [0.1, 0.15) is 25.8 Å². The van der Waals surface area contributed by atoms with E-state index in [9.17, 15) is 9.59 Å². The van der Waals surface area contributed by atoms with Crippen molar-refractivity contribution < 1.29 is 23.8 Å². The van der Waals surface area contributed by atoms with Crippen LogP contribution in [-0.4, -0.2) is 42.4 Å². The summed E-state index contributed by atoms with van der Waals surface area (Å²) in [5, 5.41) is 1.76. The predicted octanol–water partition coefficient (Wildman–Crippen LogP) is 6.14. The summed E-state index contributed by atoms with van der Waals surface area (Å²) < 4.78 is 17.2. The number of nitrogens with zero attached hydrogens (tertiary/aromatic N) is 1. The molecule has 7 heteroatoms. The summed E-state index contributed by atoms with van der Waals surface area (Å²) in [7, 11) is 1.58. The lowest BCUT2D eigenvalue weighted by Gasteiger charge is -2.16. The monoisotopic (exact) mass is 477 g/mol. The highest BCUT2D eigenvalue weighted by Crippen LogP contribution is 2.35. The molecule has 6 nitrogen and oxygen atoms in total. The molecule has 1 saturated heterocycles. The lowest BCUT2D eigenvalue weighted by molar-refractivity contribution is -0.123. The van der Waals surface area contributed by atoms with Gasteiger partial charge in [-0.1, -0.05) is 49.4 Å². The average Bonchev–Trinajstić information content (AvgIpc) is 3.12. The molecule has 34 heavy (non-hydrogen) atoms. The van der Waals surface area contributed by atoms with Crippen molar-refractivity contribution in [2.45, 2.75) is 26.4 Å². The first kappa shape index (κ1) is 23.7. The third-order valence-electron chi connectivity index (χ3n) is 5.58. The molecule has 1 unspecified atom stereocenters. The van der Waals surface area contributed by atoms with Crippen LogP contribution in [-0.2, 0) is 4.79 Å². The van der Waals surface area contributed by atoms with Crippen LogP contribution in [0.25, 0.3) is 16.8 Å². The summed E-state index contributed by atoms with van der Waals surface area (Å²) in [6.07, 6.45) is 2.64. The average molecular weight is 478 g/mol. The molecule has 1 heterocycles.